The number of aromatic nitrogens is 1. The van der Waals surface area contributed by atoms with Crippen LogP contribution in [0.4, 0.5) is 10.1 Å². The molecule has 1 aromatic carbocycles. The molecule has 2 aromatic rings. The topological polar surface area (TPSA) is 108 Å². The molecule has 9 heteroatoms. The van der Waals surface area contributed by atoms with Crippen LogP contribution in [0.3, 0.4) is 0 Å². The molecule has 0 spiro atoms. The average molecular weight is 398 g/mol. The number of ether oxygens (including phenoxy) is 1. The molecule has 3 heterocycles. The zero-order valence-electron chi connectivity index (χ0n) is 15.5. The maximum Gasteiger partial charge on any atom is 0.341 e. The number of nitrogens with one attached hydrogen (secondary N) is 1. The van der Waals surface area contributed by atoms with Crippen LogP contribution in [0.15, 0.2) is 17.1 Å². The van der Waals surface area contributed by atoms with Crippen molar-refractivity contribution in [3.8, 4) is 6.07 Å². The molecule has 1 aromatic heterocycles. The highest BCUT2D eigenvalue weighted by Crippen LogP contribution is 2.40. The van der Waals surface area contributed by atoms with Crippen LogP contribution >= 0.6 is 0 Å². The number of nitrogens with zero attached hydrogens (tertiary/aromatic N) is 3. The fourth-order valence-corrected chi connectivity index (χ4v) is 4.46. The highest BCUT2D eigenvalue weighted by molar-refractivity contribution is 5.96. The number of benzene rings is 1. The Morgan fingerprint density at radius 1 is 1.38 bits per heavy atom. The minimum Gasteiger partial charge on any atom is -0.477 e. The summed E-state index contributed by atoms with van der Waals surface area (Å²) in [5.41, 5.74) is -0.655. The Bertz CT molecular complexity index is 1120. The number of rotatable bonds is 3. The molecule has 1 saturated carbocycles. The SMILES string of the molecule is N#Cc1c(N2C[C@@H]3NCCO[C@@H]3C2)c(F)cc2c(=O)c(C(=O)O)cn(C3CC3)c12. The molecule has 0 bridgehead atoms. The van der Waals surface area contributed by atoms with Gasteiger partial charge in [-0.15, -0.1) is 0 Å². The van der Waals surface area contributed by atoms with Gasteiger partial charge in [-0.25, -0.2) is 9.18 Å². The molecule has 0 amide bonds. The van der Waals surface area contributed by atoms with E-state index in [2.05, 4.69) is 11.4 Å². The fraction of sp³-hybridized carbons (Fsp3) is 0.450. The first-order chi connectivity index (χ1) is 14.0. The zero-order valence-corrected chi connectivity index (χ0v) is 15.5. The van der Waals surface area contributed by atoms with Crippen molar-refractivity contribution >= 4 is 22.6 Å². The molecule has 0 unspecified atom stereocenters. The van der Waals surface area contributed by atoms with E-state index in [0.717, 1.165) is 25.5 Å². The van der Waals surface area contributed by atoms with Gasteiger partial charge in [0.2, 0.25) is 5.43 Å². The molecule has 3 aliphatic rings. The van der Waals surface area contributed by atoms with Crippen LogP contribution in [0.1, 0.15) is 34.8 Å². The molecule has 3 fully saturated rings. The van der Waals surface area contributed by atoms with E-state index in [9.17, 15) is 20.0 Å². The zero-order chi connectivity index (χ0) is 20.3. The number of halogens is 1. The number of carbonyl (C=O) groups is 1. The Morgan fingerprint density at radius 3 is 2.83 bits per heavy atom. The van der Waals surface area contributed by atoms with E-state index in [1.54, 1.807) is 9.47 Å². The van der Waals surface area contributed by atoms with Gasteiger partial charge in [-0.1, -0.05) is 0 Å². The van der Waals surface area contributed by atoms with Crippen LogP contribution in [-0.4, -0.2) is 54.0 Å². The van der Waals surface area contributed by atoms with Crippen molar-refractivity contribution in [2.75, 3.05) is 31.1 Å². The average Bonchev–Trinajstić information content (AvgIpc) is 3.45. The summed E-state index contributed by atoms with van der Waals surface area (Å²) in [6.45, 7) is 2.23. The third-order valence-electron chi connectivity index (χ3n) is 5.95. The minimum atomic E-state index is -1.36. The van der Waals surface area contributed by atoms with Gasteiger partial charge in [0, 0.05) is 31.9 Å². The van der Waals surface area contributed by atoms with Gasteiger partial charge in [0.25, 0.3) is 0 Å². The molecule has 2 N–H and O–H groups in total. The quantitative estimate of drug-likeness (QED) is 0.800. The molecule has 2 aliphatic heterocycles. The third-order valence-corrected chi connectivity index (χ3v) is 5.95. The lowest BCUT2D eigenvalue weighted by atomic mass is 10.0. The highest BCUT2D eigenvalue weighted by Gasteiger charge is 2.38. The molecule has 2 atom stereocenters. The van der Waals surface area contributed by atoms with Crippen molar-refractivity contribution in [3.63, 3.8) is 0 Å². The van der Waals surface area contributed by atoms with Crippen LogP contribution in [0.5, 0.6) is 0 Å². The van der Waals surface area contributed by atoms with E-state index < -0.39 is 22.8 Å². The van der Waals surface area contributed by atoms with E-state index in [1.807, 2.05) is 0 Å². The lowest BCUT2D eigenvalue weighted by molar-refractivity contribution is 0.0212. The highest BCUT2D eigenvalue weighted by atomic mass is 19.1. The Morgan fingerprint density at radius 2 is 2.17 bits per heavy atom. The van der Waals surface area contributed by atoms with E-state index in [1.165, 1.54) is 6.20 Å². The first-order valence-corrected chi connectivity index (χ1v) is 9.64. The van der Waals surface area contributed by atoms with Crippen LogP contribution in [0, 0.1) is 17.1 Å². The van der Waals surface area contributed by atoms with Crippen molar-refractivity contribution in [2.24, 2.45) is 0 Å². The first kappa shape index (κ1) is 18.1. The van der Waals surface area contributed by atoms with Gasteiger partial charge in [0.05, 0.1) is 35.3 Å². The van der Waals surface area contributed by atoms with Crippen molar-refractivity contribution in [1.82, 2.24) is 9.88 Å². The summed E-state index contributed by atoms with van der Waals surface area (Å²) >= 11 is 0. The second kappa shape index (κ2) is 6.54. The molecule has 8 nitrogen and oxygen atoms in total. The van der Waals surface area contributed by atoms with Crippen LogP contribution in [-0.2, 0) is 4.74 Å². The van der Waals surface area contributed by atoms with Gasteiger partial charge < -0.3 is 24.6 Å². The summed E-state index contributed by atoms with van der Waals surface area (Å²) in [7, 11) is 0. The lowest BCUT2D eigenvalue weighted by Gasteiger charge is -2.25. The third kappa shape index (κ3) is 2.79. The minimum absolute atomic E-state index is 0.00719. The van der Waals surface area contributed by atoms with E-state index in [0.29, 0.717) is 25.2 Å². The maximum atomic E-state index is 15.2. The van der Waals surface area contributed by atoms with Crippen molar-refractivity contribution < 1.29 is 19.0 Å². The second-order valence-electron chi connectivity index (χ2n) is 7.78. The van der Waals surface area contributed by atoms with Crippen LogP contribution in [0.25, 0.3) is 10.9 Å². The summed E-state index contributed by atoms with van der Waals surface area (Å²) < 4.78 is 22.6. The number of hydrogen-bond acceptors (Lipinski definition) is 6. The first-order valence-electron chi connectivity index (χ1n) is 9.64. The molecule has 5 rings (SSSR count). The number of carboxylic acids is 1. The summed E-state index contributed by atoms with van der Waals surface area (Å²) in [5, 5.41) is 22.6. The summed E-state index contributed by atoms with van der Waals surface area (Å²) in [4.78, 5) is 26.0. The molecule has 29 heavy (non-hydrogen) atoms. The summed E-state index contributed by atoms with van der Waals surface area (Å²) in [5.74, 6) is -2.06. The largest absolute Gasteiger partial charge is 0.477 e. The van der Waals surface area contributed by atoms with Crippen molar-refractivity contribution in [2.45, 2.75) is 31.0 Å². The predicted octanol–water partition coefficient (Wildman–Crippen LogP) is 1.22. The second-order valence-corrected chi connectivity index (χ2v) is 7.78. The van der Waals surface area contributed by atoms with Gasteiger partial charge in [-0.2, -0.15) is 5.26 Å². The van der Waals surface area contributed by atoms with Gasteiger partial charge >= 0.3 is 5.97 Å². The molecular formula is C20H19FN4O4. The predicted molar refractivity (Wildman–Crippen MR) is 102 cm³/mol. The molecule has 1 aliphatic carbocycles. The van der Waals surface area contributed by atoms with Gasteiger partial charge in [-0.3, -0.25) is 4.79 Å². The molecule has 0 radical (unpaired) electrons. The van der Waals surface area contributed by atoms with E-state index >= 15 is 4.39 Å². The van der Waals surface area contributed by atoms with Gasteiger partial charge in [0.15, 0.2) is 0 Å². The number of carboxylic acid groups (broad SMARTS) is 1. The number of anilines is 1. The number of aromatic carboxylic acids is 1. The van der Waals surface area contributed by atoms with Crippen LogP contribution < -0.4 is 15.6 Å². The molecule has 150 valence electrons. The Labute approximate surface area is 165 Å². The Kier molecular flexibility index (Phi) is 4.08. The fourth-order valence-electron chi connectivity index (χ4n) is 4.46. The van der Waals surface area contributed by atoms with Crippen molar-refractivity contribution in [3.05, 3.63) is 39.4 Å². The Balaban J connectivity index is 1.74. The monoisotopic (exact) mass is 398 g/mol. The summed E-state index contributed by atoms with van der Waals surface area (Å²) in [6, 6.07) is 3.22. The summed E-state index contributed by atoms with van der Waals surface area (Å²) in [6.07, 6.45) is 2.84. The lowest BCUT2D eigenvalue weighted by Crippen LogP contribution is -2.47. The smallest absolute Gasteiger partial charge is 0.341 e. The standard InChI is InChI=1S/C20H19FN4O4/c21-14-5-11-17(25(10-1-2-10)7-13(19(11)26)20(27)28)12(6-22)18(14)24-8-15-16(9-24)29-4-3-23-15/h5,7,10,15-16,23H,1-4,8-9H2,(H,27,28)/t15-,16+/m0/s1. The van der Waals surface area contributed by atoms with Gasteiger partial charge in [-0.05, 0) is 18.9 Å². The van der Waals surface area contributed by atoms with Crippen LogP contribution in [0.2, 0.25) is 0 Å². The van der Waals surface area contributed by atoms with Crippen molar-refractivity contribution in [1.29, 1.82) is 5.26 Å². The number of morpholine rings is 1. The Hall–Kier alpha value is -2.96. The van der Waals surface area contributed by atoms with Gasteiger partial charge in [0.1, 0.15) is 23.0 Å². The number of fused-ring (bicyclic) bond motifs is 2. The normalized spacial score (nSPS) is 23.8. The van der Waals surface area contributed by atoms with E-state index in [-0.39, 0.29) is 34.8 Å². The molecule has 2 saturated heterocycles. The number of pyridine rings is 1. The number of nitriles is 1. The maximum absolute atomic E-state index is 15.2. The molecular weight excluding hydrogens is 379 g/mol. The van der Waals surface area contributed by atoms with E-state index in [4.69, 9.17) is 4.74 Å². The number of hydrogen-bond donors (Lipinski definition) is 2.